The number of halogens is 1. The molecule has 1 aromatic carbocycles. The Kier molecular flexibility index (Phi) is 5.78. The maximum Gasteiger partial charge on any atom is 0.256 e. The van der Waals surface area contributed by atoms with E-state index >= 15 is 0 Å². The molecule has 1 saturated carbocycles. The molecule has 25 heavy (non-hydrogen) atoms. The first-order chi connectivity index (χ1) is 12.0. The molecule has 1 aliphatic rings. The van der Waals surface area contributed by atoms with Crippen LogP contribution in [0.25, 0.3) is 11.3 Å². The second-order valence-electron chi connectivity index (χ2n) is 6.70. The summed E-state index contributed by atoms with van der Waals surface area (Å²) in [6, 6.07) is 6.41. The van der Waals surface area contributed by atoms with Crippen LogP contribution in [0.1, 0.15) is 32.6 Å². The molecule has 0 atom stereocenters. The summed E-state index contributed by atoms with van der Waals surface area (Å²) in [5.41, 5.74) is 0.764. The first-order valence-corrected chi connectivity index (χ1v) is 9.61. The molecule has 3 rings (SSSR count). The van der Waals surface area contributed by atoms with E-state index in [9.17, 15) is 9.18 Å². The summed E-state index contributed by atoms with van der Waals surface area (Å²) in [6.45, 7) is 2.27. The minimum Gasteiger partial charge on any atom is -0.431 e. The summed E-state index contributed by atoms with van der Waals surface area (Å²) < 4.78 is 18.6. The lowest BCUT2D eigenvalue weighted by atomic mass is 9.87. The third-order valence-corrected chi connectivity index (χ3v) is 5.69. The molecule has 1 aliphatic carbocycles. The number of hydrogen-bond acceptors (Lipinski definition) is 4. The molecule has 0 N–H and O–H groups in total. The first-order valence-electron chi connectivity index (χ1n) is 8.63. The highest BCUT2D eigenvalue weighted by Crippen LogP contribution is 2.28. The molecule has 2 aromatic rings. The van der Waals surface area contributed by atoms with Crippen LogP contribution in [0, 0.1) is 11.7 Å². The van der Waals surface area contributed by atoms with Crippen molar-refractivity contribution in [3.8, 4) is 11.3 Å². The molecule has 1 heterocycles. The molecule has 0 spiro atoms. The van der Waals surface area contributed by atoms with Gasteiger partial charge in [0.25, 0.3) is 5.22 Å². The second kappa shape index (κ2) is 8.04. The molecule has 0 aliphatic heterocycles. The van der Waals surface area contributed by atoms with Crippen molar-refractivity contribution in [2.75, 3.05) is 12.8 Å². The first kappa shape index (κ1) is 18.0. The van der Waals surface area contributed by atoms with Gasteiger partial charge in [0.2, 0.25) is 5.91 Å². The van der Waals surface area contributed by atoms with Gasteiger partial charge in [-0.25, -0.2) is 9.37 Å². The Morgan fingerprint density at radius 2 is 1.96 bits per heavy atom. The molecule has 1 amide bonds. The van der Waals surface area contributed by atoms with Gasteiger partial charge in [-0.15, -0.1) is 0 Å². The Morgan fingerprint density at radius 3 is 2.64 bits per heavy atom. The summed E-state index contributed by atoms with van der Waals surface area (Å²) in [7, 11) is 1.89. The molecular formula is C19H23FN2O2S. The van der Waals surface area contributed by atoms with Gasteiger partial charge >= 0.3 is 0 Å². The van der Waals surface area contributed by atoms with Crippen molar-refractivity contribution >= 4 is 17.7 Å². The highest BCUT2D eigenvalue weighted by atomic mass is 32.2. The van der Waals surface area contributed by atoms with Gasteiger partial charge in [0, 0.05) is 18.7 Å². The Bertz CT molecular complexity index is 708. The number of carbonyl (C=O) groups excluding carboxylic acids is 1. The van der Waals surface area contributed by atoms with E-state index in [1.54, 1.807) is 18.3 Å². The van der Waals surface area contributed by atoms with Crippen LogP contribution in [0.2, 0.25) is 0 Å². The van der Waals surface area contributed by atoms with Crippen LogP contribution < -0.4 is 0 Å². The van der Waals surface area contributed by atoms with Crippen molar-refractivity contribution in [3.63, 3.8) is 0 Å². The van der Waals surface area contributed by atoms with Gasteiger partial charge in [-0.1, -0.05) is 18.7 Å². The molecule has 0 radical (unpaired) electrons. The second-order valence-corrected chi connectivity index (χ2v) is 7.63. The van der Waals surface area contributed by atoms with Gasteiger partial charge in [-0.2, -0.15) is 0 Å². The van der Waals surface area contributed by atoms with Gasteiger partial charge in [0.05, 0.1) is 11.9 Å². The van der Waals surface area contributed by atoms with E-state index in [1.165, 1.54) is 36.7 Å². The summed E-state index contributed by atoms with van der Waals surface area (Å²) in [6.07, 6.45) is 6.16. The molecule has 1 aromatic heterocycles. The quantitative estimate of drug-likeness (QED) is 0.729. The number of aromatic nitrogens is 1. The lowest BCUT2D eigenvalue weighted by Gasteiger charge is -2.33. The molecular weight excluding hydrogens is 339 g/mol. The van der Waals surface area contributed by atoms with E-state index in [1.807, 2.05) is 11.9 Å². The summed E-state index contributed by atoms with van der Waals surface area (Å²) in [4.78, 5) is 18.5. The molecule has 1 fully saturated rings. The fourth-order valence-electron chi connectivity index (χ4n) is 3.13. The molecule has 0 bridgehead atoms. The highest BCUT2D eigenvalue weighted by Gasteiger charge is 2.25. The van der Waals surface area contributed by atoms with E-state index < -0.39 is 0 Å². The normalized spacial score (nSPS) is 20.4. The zero-order valence-corrected chi connectivity index (χ0v) is 15.4. The van der Waals surface area contributed by atoms with Gasteiger partial charge in [0.15, 0.2) is 5.76 Å². The van der Waals surface area contributed by atoms with Gasteiger partial charge in [-0.05, 0) is 55.9 Å². The van der Waals surface area contributed by atoms with E-state index in [2.05, 4.69) is 11.9 Å². The molecule has 0 saturated heterocycles. The maximum absolute atomic E-state index is 13.0. The van der Waals surface area contributed by atoms with Crippen molar-refractivity contribution in [1.29, 1.82) is 0 Å². The number of thioether (sulfide) groups is 1. The van der Waals surface area contributed by atoms with Crippen molar-refractivity contribution in [2.45, 2.75) is 43.9 Å². The Hall–Kier alpha value is -1.82. The predicted octanol–water partition coefficient (Wildman–Crippen LogP) is 4.61. The zero-order valence-electron chi connectivity index (χ0n) is 14.6. The third-order valence-electron chi connectivity index (χ3n) is 4.86. The Morgan fingerprint density at radius 1 is 1.28 bits per heavy atom. The fourth-order valence-corrected chi connectivity index (χ4v) is 3.86. The summed E-state index contributed by atoms with van der Waals surface area (Å²) in [5, 5.41) is 0.457. The number of amides is 1. The van der Waals surface area contributed by atoms with Crippen molar-refractivity contribution in [3.05, 3.63) is 36.3 Å². The van der Waals surface area contributed by atoms with Crippen LogP contribution in [0.3, 0.4) is 0 Å². The van der Waals surface area contributed by atoms with Crippen LogP contribution >= 0.6 is 11.8 Å². The van der Waals surface area contributed by atoms with Gasteiger partial charge < -0.3 is 9.32 Å². The van der Waals surface area contributed by atoms with E-state index in [0.29, 0.717) is 22.8 Å². The minimum absolute atomic E-state index is 0.103. The molecule has 134 valence electrons. The van der Waals surface area contributed by atoms with Crippen molar-refractivity contribution in [2.24, 2.45) is 5.92 Å². The van der Waals surface area contributed by atoms with Crippen LogP contribution in [-0.2, 0) is 4.79 Å². The topological polar surface area (TPSA) is 46.3 Å². The lowest BCUT2D eigenvalue weighted by molar-refractivity contribution is -0.129. The van der Waals surface area contributed by atoms with E-state index in [4.69, 9.17) is 4.42 Å². The Labute approximate surface area is 151 Å². The van der Waals surface area contributed by atoms with Gasteiger partial charge in [0.1, 0.15) is 5.82 Å². The summed E-state index contributed by atoms with van der Waals surface area (Å²) >= 11 is 1.30. The largest absolute Gasteiger partial charge is 0.431 e. The number of hydrogen-bond donors (Lipinski definition) is 0. The molecule has 6 heteroatoms. The summed E-state index contributed by atoms with van der Waals surface area (Å²) in [5.74, 6) is 1.47. The van der Waals surface area contributed by atoms with E-state index in [-0.39, 0.29) is 11.7 Å². The third kappa shape index (κ3) is 4.63. The van der Waals surface area contributed by atoms with Gasteiger partial charge in [-0.3, -0.25) is 4.79 Å². The Balaban J connectivity index is 1.53. The highest BCUT2D eigenvalue weighted by molar-refractivity contribution is 7.99. The SMILES string of the molecule is CC1CCC(N(C)C(=O)CSc2ncc(-c3ccc(F)cc3)o2)CC1. The molecule has 0 unspecified atom stereocenters. The van der Waals surface area contributed by atoms with Crippen LogP contribution in [0.15, 0.2) is 40.1 Å². The van der Waals surface area contributed by atoms with Crippen LogP contribution in [0.4, 0.5) is 4.39 Å². The average molecular weight is 362 g/mol. The van der Waals surface area contributed by atoms with Crippen molar-refractivity contribution < 1.29 is 13.6 Å². The van der Waals surface area contributed by atoms with E-state index in [0.717, 1.165) is 24.3 Å². The fraction of sp³-hybridized carbons (Fsp3) is 0.474. The predicted molar refractivity (Wildman–Crippen MR) is 96.8 cm³/mol. The number of rotatable bonds is 5. The molecule has 4 nitrogen and oxygen atoms in total. The standard InChI is InChI=1S/C19H23FN2O2S/c1-13-3-9-16(10-4-13)22(2)18(23)12-25-19-21-11-17(24-19)14-5-7-15(20)8-6-14/h5-8,11,13,16H,3-4,9-10,12H2,1-2H3. The number of nitrogens with zero attached hydrogens (tertiary/aromatic N) is 2. The minimum atomic E-state index is -0.288. The monoisotopic (exact) mass is 362 g/mol. The van der Waals surface area contributed by atoms with Crippen LogP contribution in [0.5, 0.6) is 0 Å². The average Bonchev–Trinajstić information content (AvgIpc) is 3.09. The van der Waals surface area contributed by atoms with Crippen LogP contribution in [-0.4, -0.2) is 34.6 Å². The number of oxazole rings is 1. The smallest absolute Gasteiger partial charge is 0.256 e. The number of carbonyl (C=O) groups is 1. The lowest BCUT2D eigenvalue weighted by Crippen LogP contribution is -2.40. The number of benzene rings is 1. The van der Waals surface area contributed by atoms with Crippen molar-refractivity contribution in [1.82, 2.24) is 9.88 Å². The maximum atomic E-state index is 13.0. The zero-order chi connectivity index (χ0) is 17.8.